The molecule has 0 radical (unpaired) electrons. The molecule has 0 aliphatic carbocycles. The first-order valence-electron chi connectivity index (χ1n) is 8.13. The lowest BCUT2D eigenvalue weighted by atomic mass is 9.93. The summed E-state index contributed by atoms with van der Waals surface area (Å²) in [7, 11) is 1.95. The van der Waals surface area contributed by atoms with Crippen LogP contribution in [-0.2, 0) is 16.5 Å². The standard InChI is InChI=1S/C16H27N3O2/c1-11-7-14(8-12(2)21-11)18-15-5-4-6-20-16(15)13-9-17-19(3)10-13/h9-12,14-16,18H,4-8H2,1-3H3/t11-,12-,15+,16-/m1/s1. The van der Waals surface area contributed by atoms with E-state index in [1.165, 1.54) is 12.0 Å². The van der Waals surface area contributed by atoms with Crippen molar-refractivity contribution in [1.29, 1.82) is 0 Å². The van der Waals surface area contributed by atoms with Crippen molar-refractivity contribution in [2.24, 2.45) is 7.05 Å². The quantitative estimate of drug-likeness (QED) is 0.928. The molecular formula is C16H27N3O2. The monoisotopic (exact) mass is 293 g/mol. The van der Waals surface area contributed by atoms with Gasteiger partial charge in [0.15, 0.2) is 0 Å². The maximum atomic E-state index is 6.04. The molecule has 0 amide bonds. The fourth-order valence-corrected chi connectivity index (χ4v) is 3.71. The third-order valence-corrected chi connectivity index (χ3v) is 4.52. The summed E-state index contributed by atoms with van der Waals surface area (Å²) in [6.07, 6.45) is 9.27. The van der Waals surface area contributed by atoms with E-state index in [4.69, 9.17) is 9.47 Å². The van der Waals surface area contributed by atoms with Crippen LogP contribution in [0.25, 0.3) is 0 Å². The van der Waals surface area contributed by atoms with Crippen molar-refractivity contribution in [3.8, 4) is 0 Å². The maximum absolute atomic E-state index is 6.04. The molecule has 21 heavy (non-hydrogen) atoms. The van der Waals surface area contributed by atoms with E-state index in [0.29, 0.717) is 24.3 Å². The van der Waals surface area contributed by atoms with E-state index < -0.39 is 0 Å². The zero-order valence-electron chi connectivity index (χ0n) is 13.3. The van der Waals surface area contributed by atoms with Crippen LogP contribution >= 0.6 is 0 Å². The van der Waals surface area contributed by atoms with Crippen molar-refractivity contribution in [2.45, 2.75) is 69.9 Å². The highest BCUT2D eigenvalue weighted by atomic mass is 16.5. The van der Waals surface area contributed by atoms with Gasteiger partial charge in [-0.3, -0.25) is 4.68 Å². The minimum absolute atomic E-state index is 0.126. The number of ether oxygens (including phenoxy) is 2. The molecule has 0 saturated carbocycles. The predicted octanol–water partition coefficient (Wildman–Crippen LogP) is 2.19. The van der Waals surface area contributed by atoms with E-state index in [-0.39, 0.29) is 6.10 Å². The van der Waals surface area contributed by atoms with E-state index in [0.717, 1.165) is 25.9 Å². The van der Waals surface area contributed by atoms with Crippen LogP contribution in [0.5, 0.6) is 0 Å². The molecule has 2 saturated heterocycles. The highest BCUT2D eigenvalue weighted by molar-refractivity contribution is 5.12. The van der Waals surface area contributed by atoms with Crippen molar-refractivity contribution >= 4 is 0 Å². The van der Waals surface area contributed by atoms with Gasteiger partial charge in [0.05, 0.1) is 18.4 Å². The third-order valence-electron chi connectivity index (χ3n) is 4.52. The number of nitrogens with zero attached hydrogens (tertiary/aromatic N) is 2. The van der Waals surface area contributed by atoms with Crippen LogP contribution in [0.4, 0.5) is 0 Å². The number of hydrogen-bond donors (Lipinski definition) is 1. The molecule has 3 heterocycles. The van der Waals surface area contributed by atoms with Crippen LogP contribution < -0.4 is 5.32 Å². The molecule has 0 spiro atoms. The summed E-state index contributed by atoms with van der Waals surface area (Å²) in [5.41, 5.74) is 1.18. The van der Waals surface area contributed by atoms with Gasteiger partial charge in [0.2, 0.25) is 0 Å². The van der Waals surface area contributed by atoms with Gasteiger partial charge >= 0.3 is 0 Å². The average Bonchev–Trinajstić information content (AvgIpc) is 2.85. The fourth-order valence-electron chi connectivity index (χ4n) is 3.71. The van der Waals surface area contributed by atoms with Crippen molar-refractivity contribution < 1.29 is 9.47 Å². The Hall–Kier alpha value is -0.910. The van der Waals surface area contributed by atoms with Crippen molar-refractivity contribution in [3.05, 3.63) is 18.0 Å². The first-order valence-corrected chi connectivity index (χ1v) is 8.13. The molecule has 4 atom stereocenters. The highest BCUT2D eigenvalue weighted by Crippen LogP contribution is 2.30. The van der Waals surface area contributed by atoms with Crippen LogP contribution in [-0.4, -0.2) is 40.7 Å². The first kappa shape index (κ1) is 15.0. The topological polar surface area (TPSA) is 48.3 Å². The number of aryl methyl sites for hydroxylation is 1. The molecule has 1 aromatic rings. The first-order chi connectivity index (χ1) is 10.1. The molecule has 2 aliphatic rings. The fraction of sp³-hybridized carbons (Fsp3) is 0.812. The van der Waals surface area contributed by atoms with Gasteiger partial charge in [-0.1, -0.05) is 0 Å². The van der Waals surface area contributed by atoms with Crippen molar-refractivity contribution in [1.82, 2.24) is 15.1 Å². The van der Waals surface area contributed by atoms with Gasteiger partial charge in [0, 0.05) is 37.5 Å². The molecule has 0 unspecified atom stereocenters. The van der Waals surface area contributed by atoms with E-state index >= 15 is 0 Å². The van der Waals surface area contributed by atoms with Crippen LogP contribution in [0.3, 0.4) is 0 Å². The second kappa shape index (κ2) is 6.46. The smallest absolute Gasteiger partial charge is 0.101 e. The number of nitrogens with one attached hydrogen (secondary N) is 1. The molecule has 1 N–H and O–H groups in total. The van der Waals surface area contributed by atoms with Crippen molar-refractivity contribution in [3.63, 3.8) is 0 Å². The molecule has 0 aromatic carbocycles. The molecule has 1 aromatic heterocycles. The summed E-state index contributed by atoms with van der Waals surface area (Å²) in [5.74, 6) is 0. The largest absolute Gasteiger partial charge is 0.375 e. The molecule has 0 bridgehead atoms. The van der Waals surface area contributed by atoms with Gasteiger partial charge in [-0.15, -0.1) is 0 Å². The number of hydrogen-bond acceptors (Lipinski definition) is 4. The second-order valence-electron chi connectivity index (χ2n) is 6.58. The Balaban J connectivity index is 1.67. The zero-order valence-corrected chi connectivity index (χ0v) is 13.3. The minimum Gasteiger partial charge on any atom is -0.375 e. The SMILES string of the molecule is C[C@@H]1CC(N[C@H]2CCCO[C@@H]2c2cnn(C)c2)C[C@@H](C)O1. The van der Waals surface area contributed by atoms with Crippen LogP contribution in [0, 0.1) is 0 Å². The Morgan fingerprint density at radius 1 is 1.29 bits per heavy atom. The molecule has 3 rings (SSSR count). The molecule has 2 fully saturated rings. The van der Waals surface area contributed by atoms with E-state index in [2.05, 4.69) is 30.5 Å². The Bertz CT molecular complexity index is 452. The highest BCUT2D eigenvalue weighted by Gasteiger charge is 2.32. The van der Waals surface area contributed by atoms with Crippen LogP contribution in [0.15, 0.2) is 12.4 Å². The number of aromatic nitrogens is 2. The normalized spacial score (nSPS) is 37.6. The summed E-state index contributed by atoms with van der Waals surface area (Å²) in [4.78, 5) is 0. The zero-order chi connectivity index (χ0) is 14.8. The summed E-state index contributed by atoms with van der Waals surface area (Å²) in [6, 6.07) is 0.903. The predicted molar refractivity (Wildman–Crippen MR) is 81.1 cm³/mol. The Kier molecular flexibility index (Phi) is 4.62. The Morgan fingerprint density at radius 2 is 2.05 bits per heavy atom. The van der Waals surface area contributed by atoms with E-state index in [1.807, 2.05) is 17.9 Å². The van der Waals surface area contributed by atoms with E-state index in [1.54, 1.807) is 0 Å². The lowest BCUT2D eigenvalue weighted by molar-refractivity contribution is -0.0565. The lowest BCUT2D eigenvalue weighted by Crippen LogP contribution is -2.49. The third kappa shape index (κ3) is 3.65. The van der Waals surface area contributed by atoms with Gasteiger partial charge in [-0.25, -0.2) is 0 Å². The van der Waals surface area contributed by atoms with Crippen LogP contribution in [0.2, 0.25) is 0 Å². The molecule has 5 nitrogen and oxygen atoms in total. The van der Waals surface area contributed by atoms with E-state index in [9.17, 15) is 0 Å². The maximum Gasteiger partial charge on any atom is 0.101 e. The van der Waals surface area contributed by atoms with Gasteiger partial charge in [-0.2, -0.15) is 5.10 Å². The van der Waals surface area contributed by atoms with Gasteiger partial charge in [-0.05, 0) is 39.5 Å². The number of rotatable bonds is 3. The summed E-state index contributed by atoms with van der Waals surface area (Å²) >= 11 is 0. The minimum atomic E-state index is 0.126. The van der Waals surface area contributed by atoms with Crippen LogP contribution in [0.1, 0.15) is 51.2 Å². The van der Waals surface area contributed by atoms with Crippen molar-refractivity contribution in [2.75, 3.05) is 6.61 Å². The lowest BCUT2D eigenvalue weighted by Gasteiger charge is -2.39. The Morgan fingerprint density at radius 3 is 2.71 bits per heavy atom. The molecule has 2 aliphatic heterocycles. The van der Waals surface area contributed by atoms with Gasteiger partial charge in [0.25, 0.3) is 0 Å². The summed E-state index contributed by atoms with van der Waals surface area (Å²) < 4.78 is 13.7. The summed E-state index contributed by atoms with van der Waals surface area (Å²) in [6.45, 7) is 5.18. The van der Waals surface area contributed by atoms with Gasteiger partial charge < -0.3 is 14.8 Å². The molecule has 5 heteroatoms. The molecular weight excluding hydrogens is 266 g/mol. The second-order valence-corrected chi connectivity index (χ2v) is 6.58. The Labute approximate surface area is 127 Å². The average molecular weight is 293 g/mol. The van der Waals surface area contributed by atoms with Gasteiger partial charge in [0.1, 0.15) is 6.10 Å². The molecule has 118 valence electrons. The summed E-state index contributed by atoms with van der Waals surface area (Å²) in [5, 5.41) is 8.12.